The van der Waals surface area contributed by atoms with E-state index in [1.165, 1.54) is 0 Å². The van der Waals surface area contributed by atoms with Gasteiger partial charge in [0.25, 0.3) is 0 Å². The van der Waals surface area contributed by atoms with Gasteiger partial charge in [0.1, 0.15) is 0 Å². The summed E-state index contributed by atoms with van der Waals surface area (Å²) >= 11 is 0. The first-order valence-electron chi connectivity index (χ1n) is 6.68. The van der Waals surface area contributed by atoms with Gasteiger partial charge in [0.05, 0.1) is 12.4 Å². The Labute approximate surface area is 118 Å². The van der Waals surface area contributed by atoms with Crippen molar-refractivity contribution in [2.45, 2.75) is 27.0 Å². The van der Waals surface area contributed by atoms with Gasteiger partial charge in [0, 0.05) is 17.2 Å². The van der Waals surface area contributed by atoms with Gasteiger partial charge in [0.2, 0.25) is 5.76 Å². The number of para-hydroxylation sites is 1. The molecule has 1 aliphatic heterocycles. The third kappa shape index (κ3) is 2.29. The smallest absolute Gasteiger partial charge is 0.203 e. The molecule has 0 spiro atoms. The summed E-state index contributed by atoms with van der Waals surface area (Å²) in [6, 6.07) is 12.0. The number of aromatic nitrogens is 1. The van der Waals surface area contributed by atoms with Crippen molar-refractivity contribution in [3.63, 3.8) is 0 Å². The predicted octanol–water partition coefficient (Wildman–Crippen LogP) is 3.88. The zero-order valence-electron chi connectivity index (χ0n) is 11.9. The molecule has 1 unspecified atom stereocenters. The zero-order valence-corrected chi connectivity index (χ0v) is 11.9. The number of rotatable bonds is 2. The Hall–Kier alpha value is -2.23. The lowest BCUT2D eigenvalue weighted by atomic mass is 9.93. The van der Waals surface area contributed by atoms with Crippen LogP contribution in [0.3, 0.4) is 0 Å². The quantitative estimate of drug-likeness (QED) is 0.830. The molecule has 0 amide bonds. The molecule has 1 aliphatic rings. The second-order valence-corrected chi connectivity index (χ2v) is 5.95. The first-order chi connectivity index (χ1) is 9.55. The minimum Gasteiger partial charge on any atom is -0.464 e. The van der Waals surface area contributed by atoms with Crippen LogP contribution in [0, 0.1) is 5.41 Å². The Morgan fingerprint density at radius 1 is 1.10 bits per heavy atom. The van der Waals surface area contributed by atoms with Crippen molar-refractivity contribution < 1.29 is 9.26 Å². The number of anilines is 1. The molecule has 20 heavy (non-hydrogen) atoms. The lowest BCUT2D eigenvalue weighted by Gasteiger charge is -2.34. The molecule has 1 atom stereocenters. The van der Waals surface area contributed by atoms with Crippen LogP contribution in [0.5, 0.6) is 0 Å². The summed E-state index contributed by atoms with van der Waals surface area (Å²) in [6.45, 7) is 6.47. The van der Waals surface area contributed by atoms with E-state index >= 15 is 0 Å². The summed E-state index contributed by atoms with van der Waals surface area (Å²) < 4.78 is 11.3. The highest BCUT2D eigenvalue weighted by Gasteiger charge is 2.38. The Balaban J connectivity index is 1.99. The van der Waals surface area contributed by atoms with Crippen LogP contribution in [0.25, 0.3) is 5.76 Å². The zero-order chi connectivity index (χ0) is 14.2. The van der Waals surface area contributed by atoms with Crippen molar-refractivity contribution in [2.24, 2.45) is 5.41 Å². The SMILES string of the molecule is CC(C)(C)C1OC(c2ccno2)=CN1c1ccccc1. The van der Waals surface area contributed by atoms with Gasteiger partial charge >= 0.3 is 0 Å². The largest absolute Gasteiger partial charge is 0.464 e. The minimum absolute atomic E-state index is 0.0336. The second kappa shape index (κ2) is 4.71. The van der Waals surface area contributed by atoms with Crippen molar-refractivity contribution in [1.29, 1.82) is 0 Å². The third-order valence-electron chi connectivity index (χ3n) is 3.22. The van der Waals surface area contributed by atoms with Gasteiger partial charge in [-0.05, 0) is 12.1 Å². The van der Waals surface area contributed by atoms with E-state index in [4.69, 9.17) is 9.26 Å². The second-order valence-electron chi connectivity index (χ2n) is 5.95. The molecular formula is C16H18N2O2. The molecule has 0 saturated carbocycles. The van der Waals surface area contributed by atoms with Crippen molar-refractivity contribution in [1.82, 2.24) is 5.16 Å². The number of nitrogens with zero attached hydrogens (tertiary/aromatic N) is 2. The van der Waals surface area contributed by atoms with Crippen LogP contribution in [-0.4, -0.2) is 11.4 Å². The third-order valence-corrected chi connectivity index (χ3v) is 3.22. The van der Waals surface area contributed by atoms with Gasteiger partial charge in [-0.2, -0.15) is 0 Å². The molecule has 4 nitrogen and oxygen atoms in total. The molecule has 1 aromatic heterocycles. The molecule has 0 radical (unpaired) electrons. The van der Waals surface area contributed by atoms with E-state index in [0.29, 0.717) is 11.5 Å². The van der Waals surface area contributed by atoms with Crippen LogP contribution in [0.4, 0.5) is 5.69 Å². The first kappa shape index (κ1) is 12.8. The number of ether oxygens (including phenoxy) is 1. The lowest BCUT2D eigenvalue weighted by molar-refractivity contribution is 0.0782. The van der Waals surface area contributed by atoms with E-state index < -0.39 is 0 Å². The fraction of sp³-hybridized carbons (Fsp3) is 0.312. The van der Waals surface area contributed by atoms with Crippen molar-refractivity contribution in [2.75, 3.05) is 4.90 Å². The Morgan fingerprint density at radius 2 is 1.85 bits per heavy atom. The summed E-state index contributed by atoms with van der Waals surface area (Å²) in [5.41, 5.74) is 1.07. The summed E-state index contributed by atoms with van der Waals surface area (Å²) in [4.78, 5) is 2.14. The molecule has 2 heterocycles. The fourth-order valence-corrected chi connectivity index (χ4v) is 2.27. The average molecular weight is 270 g/mol. The van der Waals surface area contributed by atoms with Gasteiger partial charge < -0.3 is 14.2 Å². The molecule has 1 aromatic carbocycles. The predicted molar refractivity (Wildman–Crippen MR) is 77.7 cm³/mol. The monoisotopic (exact) mass is 270 g/mol. The summed E-state index contributed by atoms with van der Waals surface area (Å²) in [5.74, 6) is 1.36. The van der Waals surface area contributed by atoms with E-state index in [1.807, 2.05) is 24.4 Å². The molecule has 0 fully saturated rings. The molecule has 104 valence electrons. The molecule has 0 bridgehead atoms. The molecule has 0 saturated heterocycles. The highest BCUT2D eigenvalue weighted by atomic mass is 16.5. The van der Waals surface area contributed by atoms with E-state index in [1.54, 1.807) is 12.3 Å². The Morgan fingerprint density at radius 3 is 2.45 bits per heavy atom. The minimum atomic E-state index is -0.0787. The maximum Gasteiger partial charge on any atom is 0.203 e. The molecule has 4 heteroatoms. The summed E-state index contributed by atoms with van der Waals surface area (Å²) in [7, 11) is 0. The van der Waals surface area contributed by atoms with E-state index in [2.05, 4.69) is 43.0 Å². The summed E-state index contributed by atoms with van der Waals surface area (Å²) in [5, 5.41) is 3.74. The van der Waals surface area contributed by atoms with Gasteiger partial charge in [-0.15, -0.1) is 0 Å². The lowest BCUT2D eigenvalue weighted by Crippen LogP contribution is -2.39. The Bertz CT molecular complexity index is 597. The molecule has 2 aromatic rings. The molecular weight excluding hydrogens is 252 g/mol. The average Bonchev–Trinajstić information content (AvgIpc) is 3.08. The van der Waals surface area contributed by atoms with Crippen LogP contribution in [0.2, 0.25) is 0 Å². The van der Waals surface area contributed by atoms with Gasteiger partial charge in [0.15, 0.2) is 12.0 Å². The van der Waals surface area contributed by atoms with Crippen LogP contribution >= 0.6 is 0 Å². The van der Waals surface area contributed by atoms with E-state index in [9.17, 15) is 0 Å². The van der Waals surface area contributed by atoms with Crippen molar-refractivity contribution in [3.8, 4) is 0 Å². The molecule has 0 aliphatic carbocycles. The standard InChI is InChI=1S/C16H18N2O2/c1-16(2,3)15-18(12-7-5-4-6-8-12)11-14(19-15)13-9-10-17-20-13/h4-11,15H,1-3H3. The van der Waals surface area contributed by atoms with Gasteiger partial charge in [-0.1, -0.05) is 44.1 Å². The number of hydrogen-bond donors (Lipinski definition) is 0. The summed E-state index contributed by atoms with van der Waals surface area (Å²) in [6.07, 6.45) is 3.52. The fourth-order valence-electron chi connectivity index (χ4n) is 2.27. The maximum atomic E-state index is 6.09. The molecule has 0 N–H and O–H groups in total. The maximum absolute atomic E-state index is 6.09. The van der Waals surface area contributed by atoms with Crippen LogP contribution < -0.4 is 4.90 Å². The Kier molecular flexibility index (Phi) is 3.01. The highest BCUT2D eigenvalue weighted by molar-refractivity contribution is 5.65. The molecule has 3 rings (SSSR count). The number of benzene rings is 1. The normalized spacial score (nSPS) is 18.9. The van der Waals surface area contributed by atoms with Crippen LogP contribution in [0.15, 0.2) is 53.3 Å². The van der Waals surface area contributed by atoms with Gasteiger partial charge in [-0.3, -0.25) is 0 Å². The van der Waals surface area contributed by atoms with Crippen molar-refractivity contribution in [3.05, 3.63) is 54.6 Å². The van der Waals surface area contributed by atoms with E-state index in [0.717, 1.165) is 5.69 Å². The van der Waals surface area contributed by atoms with Crippen LogP contribution in [-0.2, 0) is 4.74 Å². The topological polar surface area (TPSA) is 38.5 Å². The first-order valence-corrected chi connectivity index (χ1v) is 6.68. The van der Waals surface area contributed by atoms with Crippen molar-refractivity contribution >= 4 is 11.4 Å². The highest BCUT2D eigenvalue weighted by Crippen LogP contribution is 2.38. The number of hydrogen-bond acceptors (Lipinski definition) is 4. The van der Waals surface area contributed by atoms with Gasteiger partial charge in [-0.25, -0.2) is 0 Å². The van der Waals surface area contributed by atoms with E-state index in [-0.39, 0.29) is 11.6 Å². The van der Waals surface area contributed by atoms with Crippen LogP contribution in [0.1, 0.15) is 26.5 Å².